The van der Waals surface area contributed by atoms with E-state index in [0.717, 1.165) is 4.90 Å². The smallest absolute Gasteiger partial charge is 0.308 e. The summed E-state index contributed by atoms with van der Waals surface area (Å²) in [5.41, 5.74) is -0.491. The minimum absolute atomic E-state index is 0.0530. The number of nitro groups is 1. The van der Waals surface area contributed by atoms with E-state index in [1.54, 1.807) is 0 Å². The molecule has 0 aliphatic carbocycles. The molecule has 1 aromatic carbocycles. The summed E-state index contributed by atoms with van der Waals surface area (Å²) in [5.74, 6) is -2.14. The minimum Gasteiger partial charge on any atom is -0.497 e. The van der Waals surface area contributed by atoms with Gasteiger partial charge in [-0.3, -0.25) is 19.7 Å². The van der Waals surface area contributed by atoms with Crippen molar-refractivity contribution in [1.82, 2.24) is 4.90 Å². The van der Waals surface area contributed by atoms with Crippen molar-refractivity contribution < 1.29 is 24.4 Å². The molecule has 0 bridgehead atoms. The molecule has 8 heteroatoms. The summed E-state index contributed by atoms with van der Waals surface area (Å²) >= 11 is 0. The predicted octanol–water partition coefficient (Wildman–Crippen LogP) is 1.40. The molecule has 0 saturated carbocycles. The van der Waals surface area contributed by atoms with Crippen LogP contribution in [0, 0.1) is 16.0 Å². The average molecular weight is 296 g/mol. The topological polar surface area (TPSA) is 110 Å². The molecule has 0 spiro atoms. The molecule has 1 unspecified atom stereocenters. The Labute approximate surface area is 121 Å². The first kappa shape index (κ1) is 16.4. The van der Waals surface area contributed by atoms with Gasteiger partial charge in [0.15, 0.2) is 0 Å². The summed E-state index contributed by atoms with van der Waals surface area (Å²) in [6, 6.07) is 3.83. The summed E-state index contributed by atoms with van der Waals surface area (Å²) in [6.45, 7) is 1.40. The number of amides is 1. The van der Waals surface area contributed by atoms with Crippen LogP contribution in [0.2, 0.25) is 0 Å². The molecule has 0 saturated heterocycles. The number of methoxy groups -OCH3 is 1. The second-order valence-corrected chi connectivity index (χ2v) is 4.57. The van der Waals surface area contributed by atoms with Crippen molar-refractivity contribution in [2.24, 2.45) is 5.92 Å². The third kappa shape index (κ3) is 3.91. The number of hydrogen-bond acceptors (Lipinski definition) is 5. The lowest BCUT2D eigenvalue weighted by molar-refractivity contribution is -0.385. The zero-order valence-corrected chi connectivity index (χ0v) is 11.9. The van der Waals surface area contributed by atoms with Crippen molar-refractivity contribution in [3.63, 3.8) is 0 Å². The first-order chi connectivity index (χ1) is 9.77. The SMILES string of the molecule is COc1ccc([N+](=O)[O-])c(C(=O)N(C)CC(C)C(=O)O)c1. The van der Waals surface area contributed by atoms with Crippen LogP contribution in [-0.2, 0) is 4.79 Å². The van der Waals surface area contributed by atoms with Gasteiger partial charge in [0, 0.05) is 19.7 Å². The summed E-state index contributed by atoms with van der Waals surface area (Å²) in [6.07, 6.45) is 0. The number of carboxylic acids is 1. The van der Waals surface area contributed by atoms with Crippen LogP contribution < -0.4 is 4.74 Å². The molecule has 0 heterocycles. The van der Waals surface area contributed by atoms with Crippen molar-refractivity contribution in [2.75, 3.05) is 20.7 Å². The minimum atomic E-state index is -1.05. The second-order valence-electron chi connectivity index (χ2n) is 4.57. The van der Waals surface area contributed by atoms with Gasteiger partial charge in [0.05, 0.1) is 18.0 Å². The van der Waals surface area contributed by atoms with E-state index in [1.165, 1.54) is 39.3 Å². The molecule has 1 N–H and O–H groups in total. The van der Waals surface area contributed by atoms with Crippen LogP contribution in [0.5, 0.6) is 5.75 Å². The molecular formula is C13H16N2O6. The van der Waals surface area contributed by atoms with Crippen LogP contribution in [0.25, 0.3) is 0 Å². The standard InChI is InChI=1S/C13H16N2O6/c1-8(13(17)18)7-14(2)12(16)10-6-9(21-3)4-5-11(10)15(19)20/h4-6,8H,7H2,1-3H3,(H,17,18). The molecule has 1 amide bonds. The fraction of sp³-hybridized carbons (Fsp3) is 0.385. The summed E-state index contributed by atoms with van der Waals surface area (Å²) < 4.78 is 4.95. The zero-order chi connectivity index (χ0) is 16.2. The number of carboxylic acid groups (broad SMARTS) is 1. The molecule has 0 aliphatic heterocycles. The molecule has 21 heavy (non-hydrogen) atoms. The predicted molar refractivity (Wildman–Crippen MR) is 73.4 cm³/mol. The third-order valence-corrected chi connectivity index (χ3v) is 2.95. The maximum atomic E-state index is 12.3. The van der Waals surface area contributed by atoms with Crippen LogP contribution in [-0.4, -0.2) is 47.5 Å². The highest BCUT2D eigenvalue weighted by Crippen LogP contribution is 2.25. The summed E-state index contributed by atoms with van der Waals surface area (Å²) in [4.78, 5) is 34.5. The lowest BCUT2D eigenvalue weighted by atomic mass is 10.1. The van der Waals surface area contributed by atoms with Crippen molar-refractivity contribution in [3.8, 4) is 5.75 Å². The largest absolute Gasteiger partial charge is 0.497 e. The number of carbonyl (C=O) groups is 2. The number of nitrogens with zero attached hydrogens (tertiary/aromatic N) is 2. The molecular weight excluding hydrogens is 280 g/mol. The fourth-order valence-corrected chi connectivity index (χ4v) is 1.75. The molecule has 0 aliphatic rings. The van der Waals surface area contributed by atoms with E-state index in [0.29, 0.717) is 5.75 Å². The number of hydrogen-bond donors (Lipinski definition) is 1. The maximum absolute atomic E-state index is 12.3. The number of aliphatic carboxylic acids is 1. The summed E-state index contributed by atoms with van der Waals surface area (Å²) in [5, 5.41) is 19.8. The van der Waals surface area contributed by atoms with Gasteiger partial charge in [0.2, 0.25) is 0 Å². The Bertz CT molecular complexity index is 572. The van der Waals surface area contributed by atoms with Crippen molar-refractivity contribution in [1.29, 1.82) is 0 Å². The Morgan fingerprint density at radius 1 is 1.48 bits per heavy atom. The van der Waals surface area contributed by atoms with Crippen LogP contribution in [0.4, 0.5) is 5.69 Å². The number of ether oxygens (including phenoxy) is 1. The first-order valence-corrected chi connectivity index (χ1v) is 6.08. The van der Waals surface area contributed by atoms with Gasteiger partial charge < -0.3 is 14.7 Å². The lowest BCUT2D eigenvalue weighted by Gasteiger charge is -2.19. The van der Waals surface area contributed by atoms with Crippen LogP contribution in [0.1, 0.15) is 17.3 Å². The zero-order valence-electron chi connectivity index (χ0n) is 11.9. The van der Waals surface area contributed by atoms with Gasteiger partial charge in [-0.1, -0.05) is 6.92 Å². The first-order valence-electron chi connectivity index (χ1n) is 6.08. The molecule has 1 aromatic rings. The molecule has 8 nitrogen and oxygen atoms in total. The molecule has 1 atom stereocenters. The van der Waals surface area contributed by atoms with Crippen LogP contribution in [0.15, 0.2) is 18.2 Å². The Morgan fingerprint density at radius 2 is 2.10 bits per heavy atom. The van der Waals surface area contributed by atoms with Gasteiger partial charge >= 0.3 is 5.97 Å². The van der Waals surface area contributed by atoms with E-state index >= 15 is 0 Å². The highest BCUT2D eigenvalue weighted by atomic mass is 16.6. The van der Waals surface area contributed by atoms with E-state index in [1.807, 2.05) is 0 Å². The molecule has 0 radical (unpaired) electrons. The van der Waals surface area contributed by atoms with Gasteiger partial charge in [0.1, 0.15) is 11.3 Å². The van der Waals surface area contributed by atoms with E-state index in [4.69, 9.17) is 9.84 Å². The van der Waals surface area contributed by atoms with E-state index < -0.39 is 22.7 Å². The van der Waals surface area contributed by atoms with Crippen molar-refractivity contribution in [2.45, 2.75) is 6.92 Å². The molecule has 0 aromatic heterocycles. The molecule has 114 valence electrons. The van der Waals surface area contributed by atoms with E-state index in [-0.39, 0.29) is 17.8 Å². The normalized spacial score (nSPS) is 11.6. The molecule has 1 rings (SSSR count). The van der Waals surface area contributed by atoms with Crippen LogP contribution in [0.3, 0.4) is 0 Å². The monoisotopic (exact) mass is 296 g/mol. The maximum Gasteiger partial charge on any atom is 0.308 e. The van der Waals surface area contributed by atoms with Crippen molar-refractivity contribution >= 4 is 17.6 Å². The fourth-order valence-electron chi connectivity index (χ4n) is 1.75. The van der Waals surface area contributed by atoms with Gasteiger partial charge in [-0.15, -0.1) is 0 Å². The lowest BCUT2D eigenvalue weighted by Crippen LogP contribution is -2.34. The number of carbonyl (C=O) groups excluding carboxylic acids is 1. The summed E-state index contributed by atoms with van der Waals surface area (Å²) in [7, 11) is 2.77. The van der Waals surface area contributed by atoms with E-state index in [2.05, 4.69) is 0 Å². The number of nitro benzene ring substituents is 1. The van der Waals surface area contributed by atoms with Crippen molar-refractivity contribution in [3.05, 3.63) is 33.9 Å². The Morgan fingerprint density at radius 3 is 2.57 bits per heavy atom. The Hall–Kier alpha value is -2.64. The third-order valence-electron chi connectivity index (χ3n) is 2.95. The second kappa shape index (κ2) is 6.69. The quantitative estimate of drug-likeness (QED) is 0.627. The highest BCUT2D eigenvalue weighted by molar-refractivity contribution is 5.98. The highest BCUT2D eigenvalue weighted by Gasteiger charge is 2.25. The number of rotatable bonds is 6. The van der Waals surface area contributed by atoms with Gasteiger partial charge in [-0.05, 0) is 12.1 Å². The Kier molecular flexibility index (Phi) is 5.23. The average Bonchev–Trinajstić information content (AvgIpc) is 2.45. The van der Waals surface area contributed by atoms with Crippen LogP contribution >= 0.6 is 0 Å². The Balaban J connectivity index is 3.10. The van der Waals surface area contributed by atoms with Gasteiger partial charge in [-0.25, -0.2) is 0 Å². The van der Waals surface area contributed by atoms with Gasteiger partial charge in [0.25, 0.3) is 11.6 Å². The number of benzene rings is 1. The van der Waals surface area contributed by atoms with Gasteiger partial charge in [-0.2, -0.15) is 0 Å². The van der Waals surface area contributed by atoms with E-state index in [9.17, 15) is 19.7 Å². The molecule has 0 fully saturated rings.